The minimum absolute atomic E-state index is 0.176. The molecule has 0 aliphatic rings. The topological polar surface area (TPSA) is 66.4 Å². The maximum atomic E-state index is 11.6. The van der Waals surface area contributed by atoms with E-state index in [0.717, 1.165) is 16.9 Å². The van der Waals surface area contributed by atoms with E-state index in [1.54, 1.807) is 17.4 Å². The molecule has 1 aromatic heterocycles. The molecule has 0 spiro atoms. The quantitative estimate of drug-likeness (QED) is 0.755. The van der Waals surface area contributed by atoms with Gasteiger partial charge in [-0.2, -0.15) is 0 Å². The van der Waals surface area contributed by atoms with E-state index in [-0.39, 0.29) is 12.5 Å². The Morgan fingerprint density at radius 2 is 2.26 bits per heavy atom. The zero-order valence-corrected chi connectivity index (χ0v) is 12.0. The molecule has 2 N–H and O–H groups in total. The summed E-state index contributed by atoms with van der Waals surface area (Å²) in [5, 5.41) is 13.6. The number of carboxylic acids is 1. The molecule has 1 unspecified atom stereocenters. The van der Waals surface area contributed by atoms with Crippen molar-refractivity contribution in [1.29, 1.82) is 0 Å². The van der Waals surface area contributed by atoms with E-state index in [1.165, 1.54) is 6.08 Å². The summed E-state index contributed by atoms with van der Waals surface area (Å²) in [5.41, 5.74) is 1.13. The Morgan fingerprint density at radius 3 is 2.79 bits per heavy atom. The lowest BCUT2D eigenvalue weighted by molar-refractivity contribution is -0.141. The van der Waals surface area contributed by atoms with Crippen LogP contribution >= 0.6 is 11.3 Å². The third kappa shape index (κ3) is 5.26. The number of carboxylic acid groups (broad SMARTS) is 1. The van der Waals surface area contributed by atoms with Gasteiger partial charge in [0.1, 0.15) is 0 Å². The molecule has 4 nitrogen and oxygen atoms in total. The minimum Gasteiger partial charge on any atom is -0.481 e. The van der Waals surface area contributed by atoms with Crippen molar-refractivity contribution in [1.82, 2.24) is 5.32 Å². The number of rotatable bonds is 7. The van der Waals surface area contributed by atoms with Crippen molar-refractivity contribution in [3.05, 3.63) is 28.0 Å². The van der Waals surface area contributed by atoms with Gasteiger partial charge in [0.2, 0.25) is 5.91 Å². The predicted molar refractivity (Wildman–Crippen MR) is 77.1 cm³/mol. The molecule has 0 saturated carbocycles. The number of nitrogens with one attached hydrogen (secondary N) is 1. The second-order valence-electron chi connectivity index (χ2n) is 4.37. The van der Waals surface area contributed by atoms with Gasteiger partial charge >= 0.3 is 5.97 Å². The summed E-state index contributed by atoms with van der Waals surface area (Å²) in [6, 6.07) is 1.99. The molecule has 104 valence electrons. The maximum absolute atomic E-state index is 11.6. The van der Waals surface area contributed by atoms with Crippen LogP contribution in [0, 0.1) is 12.8 Å². The van der Waals surface area contributed by atoms with Gasteiger partial charge in [-0.3, -0.25) is 9.59 Å². The van der Waals surface area contributed by atoms with Crippen LogP contribution in [0.3, 0.4) is 0 Å². The monoisotopic (exact) mass is 281 g/mol. The Labute approximate surface area is 117 Å². The Hall–Kier alpha value is -1.62. The summed E-state index contributed by atoms with van der Waals surface area (Å²) in [5.74, 6) is -1.62. The van der Waals surface area contributed by atoms with Crippen molar-refractivity contribution >= 4 is 29.3 Å². The number of aliphatic carboxylic acids is 1. The van der Waals surface area contributed by atoms with Crippen LogP contribution in [-0.4, -0.2) is 23.5 Å². The van der Waals surface area contributed by atoms with Crippen LogP contribution in [0.25, 0.3) is 6.08 Å². The Kier molecular flexibility index (Phi) is 6.29. The molecule has 0 aliphatic carbocycles. The Morgan fingerprint density at radius 1 is 1.53 bits per heavy atom. The predicted octanol–water partition coefficient (Wildman–Crippen LogP) is 2.69. The number of carbonyl (C=O) groups excluding carboxylic acids is 1. The SMILES string of the molecule is CCCC(CNC(=O)C=Cc1sccc1C)C(=O)O. The number of carbonyl (C=O) groups is 2. The summed E-state index contributed by atoms with van der Waals surface area (Å²) >= 11 is 1.57. The van der Waals surface area contributed by atoms with E-state index in [0.29, 0.717) is 6.42 Å². The second kappa shape index (κ2) is 7.74. The Balaban J connectivity index is 2.45. The first-order valence-corrected chi connectivity index (χ1v) is 7.15. The van der Waals surface area contributed by atoms with Gasteiger partial charge in [0.05, 0.1) is 5.92 Å². The molecule has 1 amide bonds. The van der Waals surface area contributed by atoms with Crippen LogP contribution in [0.4, 0.5) is 0 Å². The van der Waals surface area contributed by atoms with Gasteiger partial charge < -0.3 is 10.4 Å². The fourth-order valence-electron chi connectivity index (χ4n) is 1.65. The number of hydrogen-bond donors (Lipinski definition) is 2. The first kappa shape index (κ1) is 15.4. The van der Waals surface area contributed by atoms with Gasteiger partial charge in [-0.05, 0) is 36.4 Å². The van der Waals surface area contributed by atoms with Crippen LogP contribution < -0.4 is 5.32 Å². The molecule has 0 bridgehead atoms. The molecule has 0 fully saturated rings. The van der Waals surface area contributed by atoms with Crippen LogP contribution in [0.5, 0.6) is 0 Å². The van der Waals surface area contributed by atoms with Gasteiger partial charge in [-0.25, -0.2) is 0 Å². The molecule has 0 aliphatic heterocycles. The van der Waals surface area contributed by atoms with Crippen molar-refractivity contribution in [3.8, 4) is 0 Å². The summed E-state index contributed by atoms with van der Waals surface area (Å²) in [7, 11) is 0. The van der Waals surface area contributed by atoms with Crippen molar-refractivity contribution < 1.29 is 14.7 Å². The van der Waals surface area contributed by atoms with Crippen LogP contribution in [-0.2, 0) is 9.59 Å². The molecule has 1 rings (SSSR count). The highest BCUT2D eigenvalue weighted by molar-refractivity contribution is 7.11. The average Bonchev–Trinajstić information content (AvgIpc) is 2.77. The van der Waals surface area contributed by atoms with Crippen molar-refractivity contribution in [2.24, 2.45) is 5.92 Å². The molecular weight excluding hydrogens is 262 g/mol. The Bertz CT molecular complexity index is 465. The molecule has 1 aromatic rings. The molecule has 1 heterocycles. The maximum Gasteiger partial charge on any atom is 0.308 e. The molecule has 0 radical (unpaired) electrons. The first-order valence-electron chi connectivity index (χ1n) is 6.27. The minimum atomic E-state index is -0.861. The van der Waals surface area contributed by atoms with Gasteiger partial charge in [-0.15, -0.1) is 11.3 Å². The summed E-state index contributed by atoms with van der Waals surface area (Å²) in [4.78, 5) is 23.6. The zero-order valence-electron chi connectivity index (χ0n) is 11.2. The van der Waals surface area contributed by atoms with Crippen molar-refractivity contribution in [2.75, 3.05) is 6.54 Å². The first-order chi connectivity index (χ1) is 9.04. The van der Waals surface area contributed by atoms with Crippen LogP contribution in [0.2, 0.25) is 0 Å². The van der Waals surface area contributed by atoms with Gasteiger partial charge in [0.25, 0.3) is 0 Å². The zero-order chi connectivity index (χ0) is 14.3. The molecular formula is C14H19NO3S. The van der Waals surface area contributed by atoms with E-state index in [4.69, 9.17) is 5.11 Å². The normalized spacial score (nSPS) is 12.5. The molecule has 0 aromatic carbocycles. The van der Waals surface area contributed by atoms with Gasteiger partial charge in [0, 0.05) is 17.5 Å². The van der Waals surface area contributed by atoms with Crippen molar-refractivity contribution in [2.45, 2.75) is 26.7 Å². The lowest BCUT2D eigenvalue weighted by Crippen LogP contribution is -2.31. The summed E-state index contributed by atoms with van der Waals surface area (Å²) in [6.45, 7) is 4.09. The van der Waals surface area contributed by atoms with Crippen molar-refractivity contribution in [3.63, 3.8) is 0 Å². The highest BCUT2D eigenvalue weighted by Gasteiger charge is 2.16. The third-order valence-corrected chi connectivity index (χ3v) is 3.78. The number of hydrogen-bond acceptors (Lipinski definition) is 3. The molecule has 19 heavy (non-hydrogen) atoms. The van der Waals surface area contributed by atoms with E-state index in [9.17, 15) is 9.59 Å². The van der Waals surface area contributed by atoms with Gasteiger partial charge in [-0.1, -0.05) is 13.3 Å². The molecule has 0 saturated heterocycles. The van der Waals surface area contributed by atoms with Crippen LogP contribution in [0.15, 0.2) is 17.5 Å². The molecule has 5 heteroatoms. The fourth-order valence-corrected chi connectivity index (χ4v) is 2.47. The second-order valence-corrected chi connectivity index (χ2v) is 5.32. The largest absolute Gasteiger partial charge is 0.481 e. The third-order valence-electron chi connectivity index (χ3n) is 2.80. The summed E-state index contributed by atoms with van der Waals surface area (Å²) in [6.07, 6.45) is 4.56. The number of amides is 1. The average molecular weight is 281 g/mol. The number of aryl methyl sites for hydroxylation is 1. The van der Waals surface area contributed by atoms with Crippen LogP contribution in [0.1, 0.15) is 30.2 Å². The summed E-state index contributed by atoms with van der Waals surface area (Å²) < 4.78 is 0. The molecule has 1 atom stereocenters. The lowest BCUT2D eigenvalue weighted by Gasteiger charge is -2.10. The fraction of sp³-hybridized carbons (Fsp3) is 0.429. The van der Waals surface area contributed by atoms with E-state index < -0.39 is 11.9 Å². The number of thiophene rings is 1. The van der Waals surface area contributed by atoms with E-state index in [1.807, 2.05) is 25.3 Å². The highest BCUT2D eigenvalue weighted by Crippen LogP contribution is 2.16. The standard InChI is InChI=1S/C14H19NO3S/c1-3-4-11(14(17)18)9-15-13(16)6-5-12-10(2)7-8-19-12/h5-8,11H,3-4,9H2,1-2H3,(H,15,16)(H,17,18). The van der Waals surface area contributed by atoms with E-state index in [2.05, 4.69) is 5.32 Å². The highest BCUT2D eigenvalue weighted by atomic mass is 32.1. The lowest BCUT2D eigenvalue weighted by atomic mass is 10.0. The van der Waals surface area contributed by atoms with E-state index >= 15 is 0 Å². The van der Waals surface area contributed by atoms with Gasteiger partial charge in [0.15, 0.2) is 0 Å². The smallest absolute Gasteiger partial charge is 0.308 e.